The second kappa shape index (κ2) is 5.84. The largest absolute Gasteiger partial charge is 0.504 e. The lowest BCUT2D eigenvalue weighted by molar-refractivity contribution is 0.371. The maximum absolute atomic E-state index is 10.1. The Morgan fingerprint density at radius 3 is 2.90 bits per heavy atom. The predicted molar refractivity (Wildman–Crippen MR) is 88.8 cm³/mol. The molecule has 0 atom stereocenters. The van der Waals surface area contributed by atoms with Gasteiger partial charge in [0.1, 0.15) is 0 Å². The van der Waals surface area contributed by atoms with E-state index in [9.17, 15) is 5.11 Å². The standard InChI is InChI=1S/C16H14ClNO2S/c1-20-14-8-12(17)6-11(16(14)19)9-18-13-2-3-15-10(7-13)4-5-21-15/h2-8,18-19H,9H2,1H3. The monoisotopic (exact) mass is 319 g/mol. The van der Waals surface area contributed by atoms with Crippen molar-refractivity contribution < 1.29 is 9.84 Å². The first kappa shape index (κ1) is 14.0. The number of thiophene rings is 1. The van der Waals surface area contributed by atoms with Gasteiger partial charge < -0.3 is 15.2 Å². The molecule has 1 heterocycles. The normalized spacial score (nSPS) is 10.8. The number of fused-ring (bicyclic) bond motifs is 1. The highest BCUT2D eigenvalue weighted by Gasteiger charge is 2.10. The Bertz CT molecular complexity index is 785. The summed E-state index contributed by atoms with van der Waals surface area (Å²) in [7, 11) is 1.51. The third kappa shape index (κ3) is 2.91. The van der Waals surface area contributed by atoms with Crippen LogP contribution in [-0.4, -0.2) is 12.2 Å². The van der Waals surface area contributed by atoms with Crippen molar-refractivity contribution >= 4 is 38.7 Å². The van der Waals surface area contributed by atoms with Gasteiger partial charge in [0, 0.05) is 33.6 Å². The van der Waals surface area contributed by atoms with E-state index in [1.165, 1.54) is 17.2 Å². The molecule has 0 aliphatic heterocycles. The van der Waals surface area contributed by atoms with Crippen LogP contribution in [0.1, 0.15) is 5.56 Å². The van der Waals surface area contributed by atoms with Crippen LogP contribution in [0.4, 0.5) is 5.69 Å². The first-order valence-corrected chi connectivity index (χ1v) is 7.69. The van der Waals surface area contributed by atoms with Crippen LogP contribution in [0.15, 0.2) is 41.8 Å². The summed E-state index contributed by atoms with van der Waals surface area (Å²) in [6, 6.07) is 11.6. The van der Waals surface area contributed by atoms with Crippen LogP contribution in [0.5, 0.6) is 11.5 Å². The van der Waals surface area contributed by atoms with E-state index in [0.29, 0.717) is 22.9 Å². The van der Waals surface area contributed by atoms with Crippen molar-refractivity contribution in [3.63, 3.8) is 0 Å². The van der Waals surface area contributed by atoms with Crippen molar-refractivity contribution in [2.75, 3.05) is 12.4 Å². The summed E-state index contributed by atoms with van der Waals surface area (Å²) in [6.45, 7) is 0.471. The van der Waals surface area contributed by atoms with E-state index in [0.717, 1.165) is 5.69 Å². The number of phenols is 1. The van der Waals surface area contributed by atoms with E-state index < -0.39 is 0 Å². The molecule has 21 heavy (non-hydrogen) atoms. The number of benzene rings is 2. The van der Waals surface area contributed by atoms with Gasteiger partial charge in [-0.2, -0.15) is 0 Å². The molecule has 3 aromatic rings. The maximum atomic E-state index is 10.1. The van der Waals surface area contributed by atoms with Crippen LogP contribution < -0.4 is 10.1 Å². The Kier molecular flexibility index (Phi) is 3.90. The van der Waals surface area contributed by atoms with Gasteiger partial charge in [0.2, 0.25) is 0 Å². The zero-order valence-corrected chi connectivity index (χ0v) is 13.0. The van der Waals surface area contributed by atoms with Crippen molar-refractivity contribution in [1.29, 1.82) is 0 Å². The average molecular weight is 320 g/mol. The fraction of sp³-hybridized carbons (Fsp3) is 0.125. The van der Waals surface area contributed by atoms with Gasteiger partial charge in [-0.1, -0.05) is 11.6 Å². The number of hydrogen-bond acceptors (Lipinski definition) is 4. The molecule has 2 aromatic carbocycles. The van der Waals surface area contributed by atoms with Crippen molar-refractivity contribution in [2.45, 2.75) is 6.54 Å². The minimum atomic E-state index is 0.117. The maximum Gasteiger partial charge on any atom is 0.162 e. The highest BCUT2D eigenvalue weighted by Crippen LogP contribution is 2.34. The molecule has 0 aliphatic carbocycles. The first-order chi connectivity index (χ1) is 10.2. The van der Waals surface area contributed by atoms with Gasteiger partial charge in [0.15, 0.2) is 11.5 Å². The molecule has 2 N–H and O–H groups in total. The van der Waals surface area contributed by atoms with Crippen LogP contribution in [0.25, 0.3) is 10.1 Å². The van der Waals surface area contributed by atoms with Crippen LogP contribution in [0, 0.1) is 0 Å². The molecule has 1 aromatic heterocycles. The lowest BCUT2D eigenvalue weighted by Gasteiger charge is -2.11. The number of methoxy groups -OCH3 is 1. The minimum Gasteiger partial charge on any atom is -0.504 e. The lowest BCUT2D eigenvalue weighted by Crippen LogP contribution is -2.00. The molecular formula is C16H14ClNO2S. The molecule has 0 aliphatic rings. The van der Waals surface area contributed by atoms with E-state index >= 15 is 0 Å². The zero-order chi connectivity index (χ0) is 14.8. The van der Waals surface area contributed by atoms with Gasteiger partial charge in [0.05, 0.1) is 7.11 Å². The van der Waals surface area contributed by atoms with Crippen molar-refractivity contribution in [1.82, 2.24) is 0 Å². The summed E-state index contributed by atoms with van der Waals surface area (Å²) in [4.78, 5) is 0. The Morgan fingerprint density at radius 1 is 1.24 bits per heavy atom. The Morgan fingerprint density at radius 2 is 2.10 bits per heavy atom. The molecule has 3 nitrogen and oxygen atoms in total. The zero-order valence-electron chi connectivity index (χ0n) is 11.4. The number of anilines is 1. The molecule has 0 bridgehead atoms. The molecule has 0 amide bonds. The van der Waals surface area contributed by atoms with Gasteiger partial charge in [-0.25, -0.2) is 0 Å². The van der Waals surface area contributed by atoms with E-state index in [-0.39, 0.29) is 5.75 Å². The van der Waals surface area contributed by atoms with E-state index in [4.69, 9.17) is 16.3 Å². The van der Waals surface area contributed by atoms with Gasteiger partial charge >= 0.3 is 0 Å². The smallest absolute Gasteiger partial charge is 0.162 e. The van der Waals surface area contributed by atoms with Gasteiger partial charge in [0.25, 0.3) is 0 Å². The molecule has 0 saturated carbocycles. The van der Waals surface area contributed by atoms with E-state index in [2.05, 4.69) is 28.9 Å². The number of aromatic hydroxyl groups is 1. The lowest BCUT2D eigenvalue weighted by atomic mass is 10.1. The van der Waals surface area contributed by atoms with Crippen LogP contribution >= 0.6 is 22.9 Å². The number of ether oxygens (including phenoxy) is 1. The molecule has 3 rings (SSSR count). The third-order valence-electron chi connectivity index (χ3n) is 3.27. The summed E-state index contributed by atoms with van der Waals surface area (Å²) in [5.74, 6) is 0.499. The average Bonchev–Trinajstić information content (AvgIpc) is 2.95. The molecule has 0 spiro atoms. The van der Waals surface area contributed by atoms with Crippen molar-refractivity contribution in [3.8, 4) is 11.5 Å². The van der Waals surface area contributed by atoms with Crippen molar-refractivity contribution in [2.24, 2.45) is 0 Å². The number of halogens is 1. The van der Waals surface area contributed by atoms with Crippen molar-refractivity contribution in [3.05, 3.63) is 52.4 Å². The van der Waals surface area contributed by atoms with Gasteiger partial charge in [-0.3, -0.25) is 0 Å². The highest BCUT2D eigenvalue weighted by atomic mass is 35.5. The Labute approximate surface area is 131 Å². The first-order valence-electron chi connectivity index (χ1n) is 6.44. The quantitative estimate of drug-likeness (QED) is 0.720. The molecule has 0 fully saturated rings. The van der Waals surface area contributed by atoms with Crippen LogP contribution in [0.3, 0.4) is 0 Å². The van der Waals surface area contributed by atoms with Crippen LogP contribution in [0.2, 0.25) is 5.02 Å². The Balaban J connectivity index is 1.82. The number of rotatable bonds is 4. The fourth-order valence-corrected chi connectivity index (χ4v) is 3.19. The molecule has 0 radical (unpaired) electrons. The Hall–Kier alpha value is -1.91. The topological polar surface area (TPSA) is 41.5 Å². The summed E-state index contributed by atoms with van der Waals surface area (Å²) in [5.41, 5.74) is 1.70. The number of hydrogen-bond donors (Lipinski definition) is 2. The SMILES string of the molecule is COc1cc(Cl)cc(CNc2ccc3sccc3c2)c1O. The predicted octanol–water partition coefficient (Wildman–Crippen LogP) is 4.88. The summed E-state index contributed by atoms with van der Waals surface area (Å²) >= 11 is 7.75. The summed E-state index contributed by atoms with van der Waals surface area (Å²) < 4.78 is 6.36. The second-order valence-corrected chi connectivity index (χ2v) is 6.03. The molecule has 5 heteroatoms. The fourth-order valence-electron chi connectivity index (χ4n) is 2.19. The second-order valence-electron chi connectivity index (χ2n) is 4.64. The van der Waals surface area contributed by atoms with E-state index in [1.807, 2.05) is 6.07 Å². The summed E-state index contributed by atoms with van der Waals surface area (Å²) in [5, 5.41) is 17.2. The van der Waals surface area contributed by atoms with E-state index in [1.54, 1.807) is 23.5 Å². The van der Waals surface area contributed by atoms with Gasteiger partial charge in [-0.15, -0.1) is 11.3 Å². The highest BCUT2D eigenvalue weighted by molar-refractivity contribution is 7.17. The minimum absolute atomic E-state index is 0.117. The molecule has 108 valence electrons. The molecule has 0 saturated heterocycles. The van der Waals surface area contributed by atoms with Gasteiger partial charge in [-0.05, 0) is 41.1 Å². The third-order valence-corrected chi connectivity index (χ3v) is 4.39. The number of nitrogens with one attached hydrogen (secondary N) is 1. The summed E-state index contributed by atoms with van der Waals surface area (Å²) in [6.07, 6.45) is 0. The number of phenolic OH excluding ortho intramolecular Hbond substituents is 1. The molecule has 0 unspecified atom stereocenters. The molecular weight excluding hydrogens is 306 g/mol. The van der Waals surface area contributed by atoms with Crippen LogP contribution in [-0.2, 0) is 6.54 Å².